The Morgan fingerprint density at radius 2 is 1.81 bits per heavy atom. The van der Waals surface area contributed by atoms with E-state index >= 15 is 0 Å². The lowest BCUT2D eigenvalue weighted by Gasteiger charge is -2.25. The van der Waals surface area contributed by atoms with E-state index in [-0.39, 0.29) is 6.61 Å². The van der Waals surface area contributed by atoms with Crippen LogP contribution in [0.4, 0.5) is 0 Å². The molecule has 3 N–H and O–H groups in total. The van der Waals surface area contributed by atoms with E-state index in [1.807, 2.05) is 6.07 Å². The molecule has 3 heteroatoms. The molecule has 0 amide bonds. The number of benzene rings is 1. The van der Waals surface area contributed by atoms with E-state index in [1.165, 1.54) is 0 Å². The van der Waals surface area contributed by atoms with Crippen LogP contribution < -0.4 is 0 Å². The highest BCUT2D eigenvalue weighted by molar-refractivity contribution is 5.19. The summed E-state index contributed by atoms with van der Waals surface area (Å²) < 4.78 is 0. The lowest BCUT2D eigenvalue weighted by Crippen LogP contribution is -2.30. The minimum atomic E-state index is -1.04. The van der Waals surface area contributed by atoms with Crippen molar-refractivity contribution < 1.29 is 15.3 Å². The van der Waals surface area contributed by atoms with E-state index in [4.69, 9.17) is 5.11 Å². The van der Waals surface area contributed by atoms with Gasteiger partial charge in [-0.05, 0) is 12.5 Å². The minimum Gasteiger partial charge on any atom is -0.396 e. The van der Waals surface area contributed by atoms with Crippen molar-refractivity contribution in [2.75, 3.05) is 6.61 Å². The molecule has 0 aliphatic carbocycles. The highest BCUT2D eigenvalue weighted by Crippen LogP contribution is 2.25. The summed E-state index contributed by atoms with van der Waals surface area (Å²) in [6.45, 7) is 5.19. The van der Waals surface area contributed by atoms with Crippen LogP contribution in [-0.4, -0.2) is 28.0 Å². The fraction of sp³-hybridized carbons (Fsp3) is 0.385. The van der Waals surface area contributed by atoms with Crippen molar-refractivity contribution >= 4 is 0 Å². The zero-order valence-corrected chi connectivity index (χ0v) is 9.37. The third kappa shape index (κ3) is 2.92. The molecule has 1 rings (SSSR count). The molecule has 0 saturated carbocycles. The van der Waals surface area contributed by atoms with Crippen molar-refractivity contribution in [3.63, 3.8) is 0 Å². The lowest BCUT2D eigenvalue weighted by molar-refractivity contribution is -0.0227. The van der Waals surface area contributed by atoms with Gasteiger partial charge in [0.15, 0.2) is 0 Å². The zero-order chi connectivity index (χ0) is 12.1. The van der Waals surface area contributed by atoms with Crippen molar-refractivity contribution in [1.29, 1.82) is 0 Å². The van der Waals surface area contributed by atoms with Gasteiger partial charge in [0.05, 0.1) is 12.7 Å². The van der Waals surface area contributed by atoms with Gasteiger partial charge < -0.3 is 15.3 Å². The number of hydrogen-bond donors (Lipinski definition) is 3. The smallest absolute Gasteiger partial charge is 0.106 e. The van der Waals surface area contributed by atoms with E-state index in [9.17, 15) is 10.2 Å². The maximum atomic E-state index is 9.94. The number of aliphatic hydroxyl groups is 3. The fourth-order valence-electron chi connectivity index (χ4n) is 1.62. The minimum absolute atomic E-state index is 0.222. The zero-order valence-electron chi connectivity index (χ0n) is 9.37. The molecular weight excluding hydrogens is 204 g/mol. The lowest BCUT2D eigenvalue weighted by atomic mass is 9.89. The Morgan fingerprint density at radius 3 is 2.25 bits per heavy atom. The van der Waals surface area contributed by atoms with E-state index in [0.29, 0.717) is 11.1 Å². The largest absolute Gasteiger partial charge is 0.396 e. The summed E-state index contributed by atoms with van der Waals surface area (Å²) in [7, 11) is 0. The van der Waals surface area contributed by atoms with Crippen molar-refractivity contribution in [3.8, 4) is 0 Å². The second-order valence-electron chi connectivity index (χ2n) is 3.98. The number of rotatable bonds is 5. The van der Waals surface area contributed by atoms with Crippen LogP contribution in [0, 0.1) is 5.92 Å². The van der Waals surface area contributed by atoms with Crippen molar-refractivity contribution in [3.05, 3.63) is 48.0 Å². The molecular formula is C13H18O3. The van der Waals surface area contributed by atoms with Crippen LogP contribution in [0.2, 0.25) is 0 Å². The number of aliphatic hydroxyl groups excluding tert-OH is 3. The van der Waals surface area contributed by atoms with Gasteiger partial charge in [0.2, 0.25) is 0 Å². The van der Waals surface area contributed by atoms with Crippen LogP contribution in [0.1, 0.15) is 18.6 Å². The molecule has 16 heavy (non-hydrogen) atoms. The molecule has 0 bridgehead atoms. The summed E-state index contributed by atoms with van der Waals surface area (Å²) in [6.07, 6.45) is -2.04. The van der Waals surface area contributed by atoms with Crippen molar-refractivity contribution in [2.24, 2.45) is 5.92 Å². The Bertz CT molecular complexity index is 334. The maximum absolute atomic E-state index is 9.94. The first kappa shape index (κ1) is 12.9. The van der Waals surface area contributed by atoms with Crippen LogP contribution in [0.15, 0.2) is 42.5 Å². The highest BCUT2D eigenvalue weighted by Gasteiger charge is 2.27. The second-order valence-corrected chi connectivity index (χ2v) is 3.98. The summed E-state index contributed by atoms with van der Waals surface area (Å²) in [5.41, 5.74) is 1.29. The Kier molecular flexibility index (Phi) is 4.68. The third-order valence-electron chi connectivity index (χ3n) is 2.71. The van der Waals surface area contributed by atoms with Gasteiger partial charge in [-0.3, -0.25) is 0 Å². The van der Waals surface area contributed by atoms with Crippen LogP contribution in [-0.2, 0) is 0 Å². The van der Waals surface area contributed by atoms with Crippen LogP contribution >= 0.6 is 0 Å². The molecule has 0 aliphatic rings. The molecule has 1 aromatic carbocycles. The van der Waals surface area contributed by atoms with E-state index in [0.717, 1.165) is 0 Å². The van der Waals surface area contributed by atoms with Gasteiger partial charge in [-0.15, -0.1) is 0 Å². The third-order valence-corrected chi connectivity index (χ3v) is 2.71. The quantitative estimate of drug-likeness (QED) is 0.657. The second kappa shape index (κ2) is 5.80. The summed E-state index contributed by atoms with van der Waals surface area (Å²) in [5, 5.41) is 29.0. The standard InChI is InChI=1S/C13H18O3/c1-9(2)11(8-14)13(16)12(15)10-6-4-3-5-7-10/h3-7,11-16H,1,8H2,2H3/t11-,12+,13-/m1/s1. The normalized spacial score (nSPS) is 16.5. The molecule has 0 radical (unpaired) electrons. The van der Waals surface area contributed by atoms with Gasteiger partial charge in [-0.2, -0.15) is 0 Å². The molecule has 0 heterocycles. The first-order valence-electron chi connectivity index (χ1n) is 5.25. The number of hydrogen-bond acceptors (Lipinski definition) is 3. The van der Waals surface area contributed by atoms with Gasteiger partial charge in [-0.25, -0.2) is 0 Å². The average Bonchev–Trinajstić information content (AvgIpc) is 2.29. The Balaban J connectivity index is 2.81. The summed E-state index contributed by atoms with van der Waals surface area (Å²) in [5.74, 6) is -0.504. The van der Waals surface area contributed by atoms with Crippen LogP contribution in [0.25, 0.3) is 0 Å². The molecule has 88 valence electrons. The summed E-state index contributed by atoms with van der Waals surface area (Å²) in [4.78, 5) is 0. The van der Waals surface area contributed by atoms with E-state index in [2.05, 4.69) is 6.58 Å². The van der Waals surface area contributed by atoms with Gasteiger partial charge >= 0.3 is 0 Å². The monoisotopic (exact) mass is 222 g/mol. The first-order chi connectivity index (χ1) is 7.57. The van der Waals surface area contributed by atoms with Crippen LogP contribution in [0.3, 0.4) is 0 Å². The first-order valence-corrected chi connectivity index (χ1v) is 5.25. The molecule has 0 aromatic heterocycles. The Morgan fingerprint density at radius 1 is 1.25 bits per heavy atom. The van der Waals surface area contributed by atoms with Gasteiger partial charge in [0.1, 0.15) is 6.10 Å². The van der Waals surface area contributed by atoms with Crippen molar-refractivity contribution in [1.82, 2.24) is 0 Å². The summed E-state index contributed by atoms with van der Waals surface area (Å²) >= 11 is 0. The fourth-order valence-corrected chi connectivity index (χ4v) is 1.62. The van der Waals surface area contributed by atoms with E-state index < -0.39 is 18.1 Å². The Labute approximate surface area is 95.7 Å². The molecule has 0 aliphatic heterocycles. The molecule has 0 unspecified atom stereocenters. The predicted octanol–water partition coefficient (Wildman–Crippen LogP) is 1.27. The van der Waals surface area contributed by atoms with Gasteiger partial charge in [0, 0.05) is 5.92 Å². The highest BCUT2D eigenvalue weighted by atomic mass is 16.3. The van der Waals surface area contributed by atoms with E-state index in [1.54, 1.807) is 31.2 Å². The molecule has 0 saturated heterocycles. The molecule has 0 fully saturated rings. The SMILES string of the molecule is C=C(C)[C@@H](CO)[C@@H](O)[C@@H](O)c1ccccc1. The van der Waals surface area contributed by atoms with Gasteiger partial charge in [-0.1, -0.05) is 42.5 Å². The van der Waals surface area contributed by atoms with Gasteiger partial charge in [0.25, 0.3) is 0 Å². The average molecular weight is 222 g/mol. The molecule has 3 nitrogen and oxygen atoms in total. The topological polar surface area (TPSA) is 60.7 Å². The maximum Gasteiger partial charge on any atom is 0.106 e. The van der Waals surface area contributed by atoms with Crippen LogP contribution in [0.5, 0.6) is 0 Å². The molecule has 3 atom stereocenters. The molecule has 1 aromatic rings. The predicted molar refractivity (Wildman–Crippen MR) is 62.8 cm³/mol. The molecule has 0 spiro atoms. The Hall–Kier alpha value is -1.16. The van der Waals surface area contributed by atoms with Crippen molar-refractivity contribution in [2.45, 2.75) is 19.1 Å². The summed E-state index contributed by atoms with van der Waals surface area (Å²) in [6, 6.07) is 8.90.